The molecule has 0 aliphatic carbocycles. The molecular weight excluding hydrogens is 304 g/mol. The van der Waals surface area contributed by atoms with Crippen molar-refractivity contribution in [2.45, 2.75) is 24.9 Å². The molecule has 0 aliphatic heterocycles. The van der Waals surface area contributed by atoms with Gasteiger partial charge in [-0.05, 0) is 23.6 Å². The van der Waals surface area contributed by atoms with Gasteiger partial charge in [0.05, 0.1) is 5.75 Å². The fourth-order valence-electron chi connectivity index (χ4n) is 1.90. The van der Waals surface area contributed by atoms with Gasteiger partial charge >= 0.3 is 0 Å². The minimum atomic E-state index is -2.93. The van der Waals surface area contributed by atoms with Crippen molar-refractivity contribution in [1.82, 2.24) is 9.55 Å². The van der Waals surface area contributed by atoms with Crippen LogP contribution in [0.25, 0.3) is 5.69 Å². The van der Waals surface area contributed by atoms with Gasteiger partial charge in [-0.3, -0.25) is 4.57 Å². The van der Waals surface area contributed by atoms with Crippen molar-refractivity contribution < 1.29 is 8.42 Å². The molecule has 1 heterocycles. The molecule has 0 N–H and O–H groups in total. The summed E-state index contributed by atoms with van der Waals surface area (Å²) in [4.78, 5) is 4.30. The van der Waals surface area contributed by atoms with E-state index in [0.29, 0.717) is 11.7 Å². The third-order valence-electron chi connectivity index (χ3n) is 3.13. The molecule has 0 atom stereocenters. The minimum Gasteiger partial charge on any atom is -0.295 e. The highest BCUT2D eigenvalue weighted by molar-refractivity contribution is 8.00. The number of benzene rings is 1. The van der Waals surface area contributed by atoms with E-state index in [0.717, 1.165) is 10.8 Å². The van der Waals surface area contributed by atoms with Crippen LogP contribution in [-0.4, -0.2) is 35.7 Å². The molecule has 2 aromatic rings. The predicted molar refractivity (Wildman–Crippen MR) is 88.1 cm³/mol. The van der Waals surface area contributed by atoms with Gasteiger partial charge in [-0.1, -0.05) is 37.7 Å². The van der Waals surface area contributed by atoms with E-state index in [1.807, 2.05) is 10.8 Å². The average Bonchev–Trinajstić information content (AvgIpc) is 2.86. The van der Waals surface area contributed by atoms with Crippen molar-refractivity contribution in [2.75, 3.05) is 17.8 Å². The molecule has 0 saturated carbocycles. The van der Waals surface area contributed by atoms with Gasteiger partial charge in [0.1, 0.15) is 9.84 Å². The number of aromatic nitrogens is 2. The third kappa shape index (κ3) is 4.61. The Hall–Kier alpha value is -1.27. The summed E-state index contributed by atoms with van der Waals surface area (Å²) >= 11 is 1.46. The number of rotatable bonds is 6. The van der Waals surface area contributed by atoms with E-state index in [1.165, 1.54) is 23.6 Å². The smallest absolute Gasteiger partial charge is 0.172 e. The zero-order valence-electron chi connectivity index (χ0n) is 12.5. The van der Waals surface area contributed by atoms with Crippen LogP contribution < -0.4 is 0 Å². The lowest BCUT2D eigenvalue weighted by atomic mass is 10.0. The molecule has 0 amide bonds. The van der Waals surface area contributed by atoms with Crippen LogP contribution in [0.3, 0.4) is 0 Å². The fraction of sp³-hybridized carbons (Fsp3) is 0.400. The largest absolute Gasteiger partial charge is 0.295 e. The quantitative estimate of drug-likeness (QED) is 0.766. The van der Waals surface area contributed by atoms with Crippen molar-refractivity contribution in [3.63, 3.8) is 0 Å². The molecule has 6 heteroatoms. The number of imidazole rings is 1. The third-order valence-corrected chi connectivity index (χ3v) is 5.30. The van der Waals surface area contributed by atoms with Crippen LogP contribution in [0, 0.1) is 0 Å². The van der Waals surface area contributed by atoms with Crippen LogP contribution in [-0.2, 0) is 9.84 Å². The summed E-state index contributed by atoms with van der Waals surface area (Å²) < 4.78 is 24.3. The van der Waals surface area contributed by atoms with Gasteiger partial charge in [0, 0.05) is 30.1 Å². The summed E-state index contributed by atoms with van der Waals surface area (Å²) in [5, 5.41) is 0.816. The van der Waals surface area contributed by atoms with Crippen molar-refractivity contribution in [1.29, 1.82) is 0 Å². The number of thioether (sulfide) groups is 1. The van der Waals surface area contributed by atoms with Crippen molar-refractivity contribution >= 4 is 21.6 Å². The first-order chi connectivity index (χ1) is 9.87. The van der Waals surface area contributed by atoms with Gasteiger partial charge in [0.25, 0.3) is 0 Å². The number of hydrogen-bond donors (Lipinski definition) is 0. The monoisotopic (exact) mass is 324 g/mol. The highest BCUT2D eigenvalue weighted by Crippen LogP contribution is 2.22. The zero-order chi connectivity index (χ0) is 15.5. The second-order valence-electron chi connectivity index (χ2n) is 5.30. The minimum absolute atomic E-state index is 0.164. The maximum absolute atomic E-state index is 11.2. The number of hydrogen-bond acceptors (Lipinski definition) is 4. The highest BCUT2D eigenvalue weighted by Gasteiger charge is 2.08. The molecule has 4 nitrogen and oxygen atoms in total. The highest BCUT2D eigenvalue weighted by atomic mass is 32.2. The topological polar surface area (TPSA) is 52.0 Å². The Labute approximate surface area is 130 Å². The van der Waals surface area contributed by atoms with Crippen LogP contribution in [0.5, 0.6) is 0 Å². The average molecular weight is 324 g/mol. The molecule has 0 saturated heterocycles. The molecule has 0 aliphatic rings. The molecule has 1 aromatic heterocycles. The lowest BCUT2D eigenvalue weighted by Crippen LogP contribution is -2.06. The van der Waals surface area contributed by atoms with Crippen molar-refractivity contribution in [3.8, 4) is 5.69 Å². The maximum atomic E-state index is 11.2. The van der Waals surface area contributed by atoms with Gasteiger partial charge in [-0.15, -0.1) is 0 Å². The molecule has 114 valence electrons. The second kappa shape index (κ2) is 6.66. The van der Waals surface area contributed by atoms with Gasteiger partial charge in [0.15, 0.2) is 5.16 Å². The normalized spacial score (nSPS) is 12.0. The second-order valence-corrected chi connectivity index (χ2v) is 8.63. The van der Waals surface area contributed by atoms with Crippen LogP contribution >= 0.6 is 11.8 Å². The summed E-state index contributed by atoms with van der Waals surface area (Å²) in [6.07, 6.45) is 4.89. The Morgan fingerprint density at radius 2 is 1.90 bits per heavy atom. The lowest BCUT2D eigenvalue weighted by Gasteiger charge is -2.10. The summed E-state index contributed by atoms with van der Waals surface area (Å²) in [5.74, 6) is 1.18. The van der Waals surface area contributed by atoms with E-state index in [1.54, 1.807) is 6.20 Å². The molecule has 0 spiro atoms. The standard InChI is InChI=1S/C15H20N2O2S2/c1-12(2)13-4-6-14(7-5-13)17-9-8-16-15(17)20-10-11-21(3,18)19/h4-9,12H,10-11H2,1-3H3. The van der Waals surface area contributed by atoms with E-state index in [-0.39, 0.29) is 5.75 Å². The van der Waals surface area contributed by atoms with Crippen LogP contribution in [0.4, 0.5) is 0 Å². The molecule has 1 aromatic carbocycles. The SMILES string of the molecule is CC(C)c1ccc(-n2ccnc2SCCS(C)(=O)=O)cc1. The van der Waals surface area contributed by atoms with Crippen molar-refractivity contribution in [2.24, 2.45) is 0 Å². The zero-order valence-corrected chi connectivity index (χ0v) is 14.1. The Bertz CT molecular complexity index is 689. The molecule has 0 unspecified atom stereocenters. The van der Waals surface area contributed by atoms with Crippen molar-refractivity contribution in [3.05, 3.63) is 42.2 Å². The molecule has 0 fully saturated rings. The van der Waals surface area contributed by atoms with E-state index in [4.69, 9.17) is 0 Å². The number of sulfone groups is 1. The molecule has 0 bridgehead atoms. The fourth-order valence-corrected chi connectivity index (χ4v) is 4.06. The summed E-state index contributed by atoms with van der Waals surface area (Å²) in [7, 11) is -2.93. The molecule has 21 heavy (non-hydrogen) atoms. The van der Waals surface area contributed by atoms with E-state index in [9.17, 15) is 8.42 Å². The van der Waals surface area contributed by atoms with Gasteiger partial charge in [0.2, 0.25) is 0 Å². The first-order valence-corrected chi connectivity index (χ1v) is 9.85. The summed E-state index contributed by atoms with van der Waals surface area (Å²) in [6, 6.07) is 8.37. The van der Waals surface area contributed by atoms with E-state index >= 15 is 0 Å². The Kier molecular flexibility index (Phi) is 5.11. The van der Waals surface area contributed by atoms with Crippen LogP contribution in [0.15, 0.2) is 41.8 Å². The summed E-state index contributed by atoms with van der Waals surface area (Å²) in [5.41, 5.74) is 2.34. The van der Waals surface area contributed by atoms with Gasteiger partial charge < -0.3 is 0 Å². The summed E-state index contributed by atoms with van der Waals surface area (Å²) in [6.45, 7) is 4.33. The first kappa shape index (κ1) is 16.1. The number of nitrogens with zero attached hydrogens (tertiary/aromatic N) is 2. The lowest BCUT2D eigenvalue weighted by molar-refractivity contribution is 0.603. The first-order valence-electron chi connectivity index (χ1n) is 6.81. The van der Waals surface area contributed by atoms with Gasteiger partial charge in [-0.25, -0.2) is 13.4 Å². The Balaban J connectivity index is 2.12. The molecular formula is C15H20N2O2S2. The van der Waals surface area contributed by atoms with E-state index in [2.05, 4.69) is 43.1 Å². The van der Waals surface area contributed by atoms with E-state index < -0.39 is 9.84 Å². The molecule has 2 rings (SSSR count). The predicted octanol–water partition coefficient (Wildman–Crippen LogP) is 3.13. The Morgan fingerprint density at radius 1 is 1.24 bits per heavy atom. The van der Waals surface area contributed by atoms with Crippen LogP contribution in [0.1, 0.15) is 25.3 Å². The Morgan fingerprint density at radius 3 is 2.48 bits per heavy atom. The van der Waals surface area contributed by atoms with Crippen LogP contribution in [0.2, 0.25) is 0 Å². The molecule has 0 radical (unpaired) electrons. The maximum Gasteiger partial charge on any atom is 0.172 e. The van der Waals surface area contributed by atoms with Gasteiger partial charge in [-0.2, -0.15) is 0 Å².